The Bertz CT molecular complexity index is 873. The molecule has 0 saturated carbocycles. The number of nitrogens with zero attached hydrogens (tertiary/aromatic N) is 3. The third-order valence-corrected chi connectivity index (χ3v) is 3.79. The van der Waals surface area contributed by atoms with E-state index in [0.717, 1.165) is 12.1 Å². The molecule has 2 heterocycles. The summed E-state index contributed by atoms with van der Waals surface area (Å²) in [6.07, 6.45) is -2.29. The minimum Gasteiger partial charge on any atom is -0.451 e. The Hall–Kier alpha value is -3.37. The van der Waals surface area contributed by atoms with E-state index >= 15 is 0 Å². The monoisotopic (exact) mass is 399 g/mol. The lowest BCUT2D eigenvalue weighted by atomic mass is 9.92. The normalized spacial score (nSPS) is 15.1. The Morgan fingerprint density at radius 3 is 2.43 bits per heavy atom. The first-order valence-corrected chi connectivity index (χ1v) is 7.86. The molecule has 0 N–H and O–H groups in total. The molecule has 0 aliphatic carbocycles. The number of alkyl halides is 3. The number of benzene rings is 1. The van der Waals surface area contributed by atoms with E-state index in [9.17, 15) is 22.4 Å². The van der Waals surface area contributed by atoms with E-state index in [0.29, 0.717) is 11.4 Å². The third kappa shape index (κ3) is 4.67. The van der Waals surface area contributed by atoms with Crippen LogP contribution in [-0.4, -0.2) is 41.0 Å². The summed E-state index contributed by atoms with van der Waals surface area (Å²) < 4.78 is 58.1. The molecule has 3 rings (SSSR count). The Morgan fingerprint density at radius 2 is 1.89 bits per heavy atom. The van der Waals surface area contributed by atoms with E-state index in [2.05, 4.69) is 21.5 Å². The average Bonchev–Trinajstić information content (AvgIpc) is 3.10. The predicted molar refractivity (Wildman–Crippen MR) is 87.1 cm³/mol. The van der Waals surface area contributed by atoms with Gasteiger partial charge in [0, 0.05) is 19.0 Å². The zero-order chi connectivity index (χ0) is 20.3. The maximum atomic E-state index is 12.9. The fourth-order valence-electron chi connectivity index (χ4n) is 2.46. The van der Waals surface area contributed by atoms with Crippen molar-refractivity contribution in [2.75, 3.05) is 13.1 Å². The topological polar surface area (TPSA) is 77.2 Å². The fourth-order valence-corrected chi connectivity index (χ4v) is 2.46. The van der Waals surface area contributed by atoms with Crippen molar-refractivity contribution in [3.05, 3.63) is 55.0 Å². The molecule has 0 spiro atoms. The maximum Gasteiger partial charge on any atom is 0.573 e. The highest BCUT2D eigenvalue weighted by molar-refractivity contribution is 6.02. The SMILES string of the molecule is C=C(F)C(=O)N1CC(C(=NOc2ccc(OC(F)(F)F)cc2)c2cocn2)C1. The van der Waals surface area contributed by atoms with Crippen LogP contribution in [0, 0.1) is 5.92 Å². The largest absolute Gasteiger partial charge is 0.573 e. The number of ether oxygens (including phenoxy) is 1. The van der Waals surface area contributed by atoms with Gasteiger partial charge in [-0.2, -0.15) is 0 Å². The molecule has 7 nitrogen and oxygen atoms in total. The molecule has 0 atom stereocenters. The number of oxazole rings is 1. The number of rotatable bonds is 6. The van der Waals surface area contributed by atoms with Gasteiger partial charge < -0.3 is 18.9 Å². The number of amides is 1. The van der Waals surface area contributed by atoms with E-state index in [1.807, 2.05) is 0 Å². The van der Waals surface area contributed by atoms with Gasteiger partial charge >= 0.3 is 6.36 Å². The van der Waals surface area contributed by atoms with E-state index in [1.165, 1.54) is 29.7 Å². The lowest BCUT2D eigenvalue weighted by Crippen LogP contribution is -2.53. The number of halogens is 4. The van der Waals surface area contributed by atoms with E-state index in [1.54, 1.807) is 0 Å². The van der Waals surface area contributed by atoms with Crippen LogP contribution in [0.5, 0.6) is 11.5 Å². The Labute approximate surface area is 155 Å². The molecule has 1 aromatic carbocycles. The Morgan fingerprint density at radius 1 is 1.25 bits per heavy atom. The summed E-state index contributed by atoms with van der Waals surface area (Å²) in [5.74, 6) is -2.41. The molecule has 0 bridgehead atoms. The summed E-state index contributed by atoms with van der Waals surface area (Å²) in [4.78, 5) is 22.0. The molecule has 0 unspecified atom stereocenters. The molecule has 11 heteroatoms. The van der Waals surface area contributed by atoms with E-state index < -0.39 is 23.8 Å². The summed E-state index contributed by atoms with van der Waals surface area (Å²) in [5.41, 5.74) is 0.700. The highest BCUT2D eigenvalue weighted by atomic mass is 19.4. The van der Waals surface area contributed by atoms with Crippen LogP contribution in [0.15, 0.2) is 58.9 Å². The zero-order valence-corrected chi connectivity index (χ0v) is 14.1. The van der Waals surface area contributed by atoms with Gasteiger partial charge in [0.15, 0.2) is 18.0 Å². The summed E-state index contributed by atoms with van der Waals surface area (Å²) in [5, 5.41) is 3.98. The fraction of sp³-hybridized carbons (Fsp3) is 0.235. The second-order valence-electron chi connectivity index (χ2n) is 5.77. The van der Waals surface area contributed by atoms with Crippen molar-refractivity contribution in [3.8, 4) is 11.5 Å². The molecule has 1 aliphatic heterocycles. The van der Waals surface area contributed by atoms with Crippen LogP contribution in [-0.2, 0) is 4.79 Å². The number of oxime groups is 1. The summed E-state index contributed by atoms with van der Waals surface area (Å²) in [7, 11) is 0. The van der Waals surface area contributed by atoms with Crippen LogP contribution in [0.1, 0.15) is 5.69 Å². The third-order valence-electron chi connectivity index (χ3n) is 3.79. The Kier molecular flexibility index (Phi) is 5.34. The van der Waals surface area contributed by atoms with Crippen molar-refractivity contribution in [1.82, 2.24) is 9.88 Å². The molecular formula is C17H13F4N3O4. The van der Waals surface area contributed by atoms with Gasteiger partial charge in [0.1, 0.15) is 23.4 Å². The lowest BCUT2D eigenvalue weighted by molar-refractivity contribution is -0.274. The molecule has 1 amide bonds. The van der Waals surface area contributed by atoms with Crippen molar-refractivity contribution < 1.29 is 36.3 Å². The molecule has 2 aromatic rings. The number of hydrogen-bond donors (Lipinski definition) is 0. The minimum atomic E-state index is -4.79. The van der Waals surface area contributed by atoms with Gasteiger partial charge in [-0.05, 0) is 24.3 Å². The smallest absolute Gasteiger partial charge is 0.451 e. The molecule has 0 radical (unpaired) electrons. The van der Waals surface area contributed by atoms with Crippen LogP contribution >= 0.6 is 0 Å². The van der Waals surface area contributed by atoms with Crippen LogP contribution in [0.25, 0.3) is 0 Å². The van der Waals surface area contributed by atoms with Crippen molar-refractivity contribution >= 4 is 11.6 Å². The number of carbonyl (C=O) groups is 1. The number of carbonyl (C=O) groups excluding carboxylic acids is 1. The van der Waals surface area contributed by atoms with Crippen molar-refractivity contribution in [3.63, 3.8) is 0 Å². The van der Waals surface area contributed by atoms with Crippen molar-refractivity contribution in [2.24, 2.45) is 11.1 Å². The van der Waals surface area contributed by atoms with Crippen LogP contribution < -0.4 is 9.57 Å². The number of likely N-dealkylation sites (tertiary alicyclic amines) is 1. The molecule has 148 valence electrons. The lowest BCUT2D eigenvalue weighted by Gasteiger charge is -2.38. The summed E-state index contributed by atoms with van der Waals surface area (Å²) >= 11 is 0. The van der Waals surface area contributed by atoms with Crippen molar-refractivity contribution in [2.45, 2.75) is 6.36 Å². The van der Waals surface area contributed by atoms with Crippen LogP contribution in [0.4, 0.5) is 17.6 Å². The first-order valence-electron chi connectivity index (χ1n) is 7.86. The maximum absolute atomic E-state index is 12.9. The quantitative estimate of drug-likeness (QED) is 0.322. The van der Waals surface area contributed by atoms with Gasteiger partial charge in [0.05, 0.1) is 0 Å². The number of aromatic nitrogens is 1. The second kappa shape index (κ2) is 7.71. The van der Waals surface area contributed by atoms with Gasteiger partial charge in [-0.25, -0.2) is 9.37 Å². The van der Waals surface area contributed by atoms with Gasteiger partial charge in [0.25, 0.3) is 5.91 Å². The van der Waals surface area contributed by atoms with Gasteiger partial charge in [0.2, 0.25) is 0 Å². The molecule has 1 saturated heterocycles. The second-order valence-corrected chi connectivity index (χ2v) is 5.77. The predicted octanol–water partition coefficient (Wildman–Crippen LogP) is 3.30. The summed E-state index contributed by atoms with van der Waals surface area (Å²) in [6.45, 7) is 3.31. The number of hydrogen-bond acceptors (Lipinski definition) is 6. The Balaban J connectivity index is 1.69. The highest BCUT2D eigenvalue weighted by Gasteiger charge is 2.37. The molecule has 1 aromatic heterocycles. The average molecular weight is 399 g/mol. The standard InChI is InChI=1S/C17H13F4N3O4/c1-10(18)16(25)24-6-11(7-24)15(14-8-26-9-22-14)23-28-13-4-2-12(3-5-13)27-17(19,20)21/h2-5,8-9,11H,1,6-7H2. The molecule has 1 fully saturated rings. The van der Waals surface area contributed by atoms with Gasteiger partial charge in [-0.3, -0.25) is 4.79 Å². The minimum absolute atomic E-state index is 0.153. The molecule has 28 heavy (non-hydrogen) atoms. The molecular weight excluding hydrogens is 386 g/mol. The van der Waals surface area contributed by atoms with Gasteiger partial charge in [-0.1, -0.05) is 11.7 Å². The first kappa shape index (κ1) is 19.4. The van der Waals surface area contributed by atoms with Crippen LogP contribution in [0.2, 0.25) is 0 Å². The van der Waals surface area contributed by atoms with E-state index in [-0.39, 0.29) is 24.8 Å². The van der Waals surface area contributed by atoms with Crippen LogP contribution in [0.3, 0.4) is 0 Å². The molecule has 1 aliphatic rings. The first-order chi connectivity index (χ1) is 13.2. The van der Waals surface area contributed by atoms with Crippen molar-refractivity contribution in [1.29, 1.82) is 0 Å². The summed E-state index contributed by atoms with van der Waals surface area (Å²) in [6, 6.07) is 4.64. The highest BCUT2D eigenvalue weighted by Crippen LogP contribution is 2.26. The van der Waals surface area contributed by atoms with E-state index in [4.69, 9.17) is 9.25 Å². The zero-order valence-electron chi connectivity index (χ0n) is 14.1. The van der Waals surface area contributed by atoms with Gasteiger partial charge in [-0.15, -0.1) is 13.2 Å².